The average molecular weight is 233 g/mol. The first kappa shape index (κ1) is 11.8. The number of carbonyl (C=O) groups is 2. The lowest BCUT2D eigenvalue weighted by Crippen LogP contribution is -2.20. The zero-order chi connectivity index (χ0) is 12.3. The number of Topliss-reactive ketones (excluding diaryl/α,β-unsaturated/α-hetero) is 1. The molecule has 2 rings (SSSR count). The van der Waals surface area contributed by atoms with Crippen LogP contribution in [0.1, 0.15) is 27.1 Å². The Labute approximate surface area is 100.0 Å². The summed E-state index contributed by atoms with van der Waals surface area (Å²) < 4.78 is 4.68. The van der Waals surface area contributed by atoms with Gasteiger partial charge in [-0.05, 0) is 19.0 Å². The summed E-state index contributed by atoms with van der Waals surface area (Å²) >= 11 is 0. The van der Waals surface area contributed by atoms with Crippen LogP contribution in [0.25, 0.3) is 0 Å². The van der Waals surface area contributed by atoms with Crippen LogP contribution in [-0.2, 0) is 4.74 Å². The molecule has 0 amide bonds. The van der Waals surface area contributed by atoms with Crippen molar-refractivity contribution in [2.45, 2.75) is 6.42 Å². The van der Waals surface area contributed by atoms with Gasteiger partial charge < -0.3 is 10.1 Å². The molecule has 1 atom stereocenters. The molecule has 0 aromatic heterocycles. The number of nitrogens with one attached hydrogen (secondary N) is 1. The van der Waals surface area contributed by atoms with E-state index in [1.165, 1.54) is 7.11 Å². The second kappa shape index (κ2) is 5.10. The molecule has 0 aliphatic carbocycles. The van der Waals surface area contributed by atoms with Crippen molar-refractivity contribution in [1.82, 2.24) is 5.32 Å². The number of carbonyl (C=O) groups excluding carboxylic acids is 2. The highest BCUT2D eigenvalue weighted by Gasteiger charge is 2.26. The molecule has 4 nitrogen and oxygen atoms in total. The lowest BCUT2D eigenvalue weighted by molar-refractivity contribution is 0.0596. The molecule has 1 aliphatic rings. The van der Waals surface area contributed by atoms with Gasteiger partial charge in [0, 0.05) is 18.0 Å². The van der Waals surface area contributed by atoms with Crippen molar-refractivity contribution in [3.05, 3.63) is 35.4 Å². The number of methoxy groups -OCH3 is 1. The largest absolute Gasteiger partial charge is 0.465 e. The Morgan fingerprint density at radius 2 is 2.00 bits per heavy atom. The molecule has 90 valence electrons. The number of ketones is 1. The van der Waals surface area contributed by atoms with E-state index in [4.69, 9.17) is 0 Å². The Kier molecular flexibility index (Phi) is 3.54. The van der Waals surface area contributed by atoms with Gasteiger partial charge in [-0.2, -0.15) is 0 Å². The van der Waals surface area contributed by atoms with Crippen LogP contribution >= 0.6 is 0 Å². The van der Waals surface area contributed by atoms with Crippen LogP contribution in [0.2, 0.25) is 0 Å². The van der Waals surface area contributed by atoms with Crippen LogP contribution < -0.4 is 5.32 Å². The third-order valence-electron chi connectivity index (χ3n) is 3.03. The van der Waals surface area contributed by atoms with Gasteiger partial charge in [-0.15, -0.1) is 0 Å². The van der Waals surface area contributed by atoms with Crippen molar-refractivity contribution >= 4 is 11.8 Å². The zero-order valence-electron chi connectivity index (χ0n) is 9.73. The average Bonchev–Trinajstić information content (AvgIpc) is 2.91. The summed E-state index contributed by atoms with van der Waals surface area (Å²) in [6, 6.07) is 6.81. The molecule has 1 aliphatic heterocycles. The van der Waals surface area contributed by atoms with Crippen LogP contribution in [0.5, 0.6) is 0 Å². The molecule has 1 saturated heterocycles. The zero-order valence-corrected chi connectivity index (χ0v) is 9.73. The minimum atomic E-state index is -0.458. The molecule has 1 fully saturated rings. The quantitative estimate of drug-likeness (QED) is 0.631. The lowest BCUT2D eigenvalue weighted by atomic mass is 9.93. The maximum Gasteiger partial charge on any atom is 0.338 e. The lowest BCUT2D eigenvalue weighted by Gasteiger charge is -2.10. The maximum atomic E-state index is 12.2. The molecule has 0 saturated carbocycles. The summed E-state index contributed by atoms with van der Waals surface area (Å²) in [6.45, 7) is 1.55. The topological polar surface area (TPSA) is 55.4 Å². The van der Waals surface area contributed by atoms with E-state index in [2.05, 4.69) is 10.1 Å². The van der Waals surface area contributed by atoms with E-state index < -0.39 is 5.97 Å². The molecule has 1 heterocycles. The number of benzene rings is 1. The van der Waals surface area contributed by atoms with Gasteiger partial charge in [-0.1, -0.05) is 18.2 Å². The Morgan fingerprint density at radius 1 is 1.29 bits per heavy atom. The smallest absolute Gasteiger partial charge is 0.338 e. The molecular weight excluding hydrogens is 218 g/mol. The summed E-state index contributed by atoms with van der Waals surface area (Å²) in [6.07, 6.45) is 0.828. The van der Waals surface area contributed by atoms with Crippen molar-refractivity contribution in [3.8, 4) is 0 Å². The van der Waals surface area contributed by atoms with Gasteiger partial charge in [0.15, 0.2) is 5.78 Å². The van der Waals surface area contributed by atoms with E-state index in [1.54, 1.807) is 24.3 Å². The van der Waals surface area contributed by atoms with Gasteiger partial charge in [0.05, 0.1) is 12.7 Å². The molecule has 17 heavy (non-hydrogen) atoms. The molecule has 1 unspecified atom stereocenters. The van der Waals surface area contributed by atoms with Gasteiger partial charge in [-0.25, -0.2) is 4.79 Å². The van der Waals surface area contributed by atoms with Crippen molar-refractivity contribution in [2.24, 2.45) is 5.92 Å². The molecule has 1 aromatic rings. The SMILES string of the molecule is COC(=O)c1ccccc1C(=O)C1CCNC1. The molecule has 0 bridgehead atoms. The number of hydrogen-bond acceptors (Lipinski definition) is 4. The molecular formula is C13H15NO3. The number of rotatable bonds is 3. The number of ether oxygens (including phenoxy) is 1. The van der Waals surface area contributed by atoms with E-state index in [-0.39, 0.29) is 11.7 Å². The third kappa shape index (κ3) is 2.36. The first-order valence-corrected chi connectivity index (χ1v) is 5.66. The highest BCUT2D eigenvalue weighted by molar-refractivity contribution is 6.07. The fourth-order valence-electron chi connectivity index (χ4n) is 2.08. The fraction of sp³-hybridized carbons (Fsp3) is 0.385. The predicted octanol–water partition coefficient (Wildman–Crippen LogP) is 1.27. The van der Waals surface area contributed by atoms with E-state index >= 15 is 0 Å². The van der Waals surface area contributed by atoms with Gasteiger partial charge >= 0.3 is 5.97 Å². The highest BCUT2D eigenvalue weighted by Crippen LogP contribution is 2.19. The third-order valence-corrected chi connectivity index (χ3v) is 3.03. The van der Waals surface area contributed by atoms with Crippen molar-refractivity contribution in [1.29, 1.82) is 0 Å². The number of esters is 1. The summed E-state index contributed by atoms with van der Waals surface area (Å²) in [5.74, 6) is -0.461. The van der Waals surface area contributed by atoms with Crippen LogP contribution in [0.15, 0.2) is 24.3 Å². The molecule has 1 aromatic carbocycles. The Morgan fingerprint density at radius 3 is 2.59 bits per heavy atom. The molecule has 0 spiro atoms. The van der Waals surface area contributed by atoms with Gasteiger partial charge in [0.25, 0.3) is 0 Å². The molecule has 4 heteroatoms. The van der Waals surface area contributed by atoms with E-state index in [9.17, 15) is 9.59 Å². The predicted molar refractivity (Wildman–Crippen MR) is 63.1 cm³/mol. The second-order valence-electron chi connectivity index (χ2n) is 4.09. The van der Waals surface area contributed by atoms with Crippen LogP contribution in [0.4, 0.5) is 0 Å². The first-order chi connectivity index (χ1) is 8.24. The highest BCUT2D eigenvalue weighted by atomic mass is 16.5. The van der Waals surface area contributed by atoms with Crippen LogP contribution in [-0.4, -0.2) is 32.0 Å². The Balaban J connectivity index is 2.30. The standard InChI is InChI=1S/C13H15NO3/c1-17-13(16)11-5-3-2-4-10(11)12(15)9-6-7-14-8-9/h2-5,9,14H,6-8H2,1H3. The summed E-state index contributed by atoms with van der Waals surface area (Å²) in [5, 5.41) is 3.15. The second-order valence-corrected chi connectivity index (χ2v) is 4.09. The molecule has 1 N–H and O–H groups in total. The summed E-state index contributed by atoms with van der Waals surface area (Å²) in [4.78, 5) is 23.8. The van der Waals surface area contributed by atoms with Crippen molar-refractivity contribution in [2.75, 3.05) is 20.2 Å². The van der Waals surface area contributed by atoms with Crippen LogP contribution in [0, 0.1) is 5.92 Å². The minimum Gasteiger partial charge on any atom is -0.465 e. The van der Waals surface area contributed by atoms with E-state index in [0.29, 0.717) is 17.7 Å². The van der Waals surface area contributed by atoms with Gasteiger partial charge in [0.2, 0.25) is 0 Å². The monoisotopic (exact) mass is 233 g/mol. The minimum absolute atomic E-state index is 0.0241. The summed E-state index contributed by atoms with van der Waals surface area (Å²) in [7, 11) is 1.32. The normalized spacial score (nSPS) is 19.0. The first-order valence-electron chi connectivity index (χ1n) is 5.66. The van der Waals surface area contributed by atoms with Crippen molar-refractivity contribution < 1.29 is 14.3 Å². The fourth-order valence-corrected chi connectivity index (χ4v) is 2.08. The van der Waals surface area contributed by atoms with Gasteiger partial charge in [-0.3, -0.25) is 4.79 Å². The molecule has 0 radical (unpaired) electrons. The maximum absolute atomic E-state index is 12.2. The Bertz CT molecular complexity index is 436. The Hall–Kier alpha value is -1.68. The van der Waals surface area contributed by atoms with Crippen LogP contribution in [0.3, 0.4) is 0 Å². The summed E-state index contributed by atoms with van der Waals surface area (Å²) in [5.41, 5.74) is 0.819. The van der Waals surface area contributed by atoms with Gasteiger partial charge in [0.1, 0.15) is 0 Å². The van der Waals surface area contributed by atoms with E-state index in [0.717, 1.165) is 13.0 Å². The number of hydrogen-bond donors (Lipinski definition) is 1. The van der Waals surface area contributed by atoms with Crippen molar-refractivity contribution in [3.63, 3.8) is 0 Å². The van der Waals surface area contributed by atoms with E-state index in [1.807, 2.05) is 0 Å².